The highest BCUT2D eigenvalue weighted by Gasteiger charge is 2.32. The lowest BCUT2D eigenvalue weighted by molar-refractivity contribution is 0.490. The normalized spacial score (nSPS) is 19.5. The highest BCUT2D eigenvalue weighted by atomic mass is 32.2. The van der Waals surface area contributed by atoms with Crippen molar-refractivity contribution in [1.29, 1.82) is 5.26 Å². The number of rotatable bonds is 5. The predicted octanol–water partition coefficient (Wildman–Crippen LogP) is 1.66. The van der Waals surface area contributed by atoms with Crippen LogP contribution < -0.4 is 5.32 Å². The molecule has 2 rings (SSSR count). The minimum absolute atomic E-state index is 0.447. The van der Waals surface area contributed by atoms with Crippen molar-refractivity contribution in [3.63, 3.8) is 0 Å². The molecule has 6 heteroatoms. The fourth-order valence-electron chi connectivity index (χ4n) is 1.22. The van der Waals surface area contributed by atoms with Gasteiger partial charge in [0.05, 0.1) is 6.07 Å². The van der Waals surface area contributed by atoms with Crippen molar-refractivity contribution in [2.75, 3.05) is 5.75 Å². The Kier molecular flexibility index (Phi) is 3.24. The van der Waals surface area contributed by atoms with Crippen LogP contribution in [0.25, 0.3) is 0 Å². The van der Waals surface area contributed by atoms with Gasteiger partial charge in [0.25, 0.3) is 0 Å². The third kappa shape index (κ3) is 3.16. The van der Waals surface area contributed by atoms with Crippen LogP contribution in [0.3, 0.4) is 0 Å². The Morgan fingerprint density at radius 2 is 2.60 bits per heavy atom. The molecule has 0 saturated heterocycles. The largest absolute Gasteiger partial charge is 0.296 e. The van der Waals surface area contributed by atoms with Gasteiger partial charge in [-0.3, -0.25) is 5.32 Å². The van der Waals surface area contributed by atoms with Crippen molar-refractivity contribution < 1.29 is 0 Å². The average Bonchev–Trinajstić information content (AvgIpc) is 2.88. The number of hydrogen-bond donors (Lipinski definition) is 1. The van der Waals surface area contributed by atoms with Gasteiger partial charge in [0, 0.05) is 11.8 Å². The van der Waals surface area contributed by atoms with Crippen molar-refractivity contribution in [1.82, 2.24) is 14.7 Å². The highest BCUT2D eigenvalue weighted by molar-refractivity contribution is 8.01. The maximum Gasteiger partial charge on any atom is 0.169 e. The third-order valence-corrected chi connectivity index (χ3v) is 4.28. The van der Waals surface area contributed by atoms with Crippen LogP contribution in [0.1, 0.15) is 19.8 Å². The van der Waals surface area contributed by atoms with Gasteiger partial charge < -0.3 is 0 Å². The zero-order chi connectivity index (χ0) is 10.7. The molecule has 0 amide bonds. The van der Waals surface area contributed by atoms with E-state index in [0.717, 1.165) is 10.1 Å². The minimum Gasteiger partial charge on any atom is -0.296 e. The van der Waals surface area contributed by atoms with E-state index in [2.05, 4.69) is 20.7 Å². The lowest BCUT2D eigenvalue weighted by atomic mass is 10.1. The second-order valence-corrected chi connectivity index (χ2v) is 5.86. The number of thioether (sulfide) groups is 1. The molecular formula is C9H12N4S2. The highest BCUT2D eigenvalue weighted by Crippen LogP contribution is 2.27. The molecule has 1 atom stereocenters. The molecule has 1 unspecified atom stereocenters. The topological polar surface area (TPSA) is 61.6 Å². The smallest absolute Gasteiger partial charge is 0.169 e. The fraction of sp³-hybridized carbons (Fsp3) is 0.667. The van der Waals surface area contributed by atoms with E-state index in [0.29, 0.717) is 6.04 Å². The molecule has 0 aliphatic heterocycles. The van der Waals surface area contributed by atoms with E-state index in [1.807, 2.05) is 6.92 Å². The van der Waals surface area contributed by atoms with Gasteiger partial charge in [-0.05, 0) is 31.3 Å². The predicted molar refractivity (Wildman–Crippen MR) is 60.8 cm³/mol. The van der Waals surface area contributed by atoms with E-state index in [9.17, 15) is 0 Å². The summed E-state index contributed by atoms with van der Waals surface area (Å²) >= 11 is 2.96. The molecule has 1 saturated carbocycles. The maximum atomic E-state index is 9.13. The molecule has 1 aliphatic rings. The van der Waals surface area contributed by atoms with Crippen LogP contribution in [0.5, 0.6) is 0 Å². The van der Waals surface area contributed by atoms with Crippen LogP contribution >= 0.6 is 23.3 Å². The molecule has 0 radical (unpaired) electrons. The fourth-order valence-corrected chi connectivity index (χ4v) is 2.69. The Morgan fingerprint density at radius 3 is 3.13 bits per heavy atom. The molecule has 1 aliphatic carbocycles. The molecule has 1 fully saturated rings. The van der Waals surface area contributed by atoms with Gasteiger partial charge >= 0.3 is 0 Å². The Morgan fingerprint density at radius 1 is 1.80 bits per heavy atom. The molecule has 0 aromatic carbocycles. The Bertz CT molecular complexity index is 355. The van der Waals surface area contributed by atoms with Gasteiger partial charge in [0.1, 0.15) is 11.9 Å². The zero-order valence-electron chi connectivity index (χ0n) is 8.43. The van der Waals surface area contributed by atoms with Crippen LogP contribution in [0.15, 0.2) is 10.7 Å². The summed E-state index contributed by atoms with van der Waals surface area (Å²) in [7, 11) is 0. The van der Waals surface area contributed by atoms with E-state index < -0.39 is 5.54 Å². The standard InChI is InChI=1S/C9H12N4S2/c1-9(4-10,13-7-2-3-7)5-14-8-11-6-12-15-8/h6-7,13H,2-3,5H2,1H3. The summed E-state index contributed by atoms with van der Waals surface area (Å²) in [4.78, 5) is 4.08. The first-order valence-corrected chi connectivity index (χ1v) is 6.56. The summed E-state index contributed by atoms with van der Waals surface area (Å²) in [6.45, 7) is 1.94. The first kappa shape index (κ1) is 10.9. The van der Waals surface area contributed by atoms with Crippen molar-refractivity contribution in [2.45, 2.75) is 35.7 Å². The summed E-state index contributed by atoms with van der Waals surface area (Å²) in [5.74, 6) is 0.717. The van der Waals surface area contributed by atoms with Gasteiger partial charge in [-0.2, -0.15) is 9.64 Å². The first-order valence-electron chi connectivity index (χ1n) is 4.80. The number of nitrogens with zero attached hydrogens (tertiary/aromatic N) is 3. The van der Waals surface area contributed by atoms with Gasteiger partial charge in [-0.1, -0.05) is 11.8 Å². The van der Waals surface area contributed by atoms with Crippen molar-refractivity contribution in [3.8, 4) is 6.07 Å². The summed E-state index contributed by atoms with van der Waals surface area (Å²) in [6, 6.07) is 2.88. The average molecular weight is 240 g/mol. The van der Waals surface area contributed by atoms with Crippen LogP contribution in [0.4, 0.5) is 0 Å². The zero-order valence-corrected chi connectivity index (χ0v) is 10.1. The number of nitriles is 1. The van der Waals surface area contributed by atoms with Crippen molar-refractivity contribution in [2.24, 2.45) is 0 Å². The molecule has 1 aromatic heterocycles. The molecule has 1 heterocycles. The SMILES string of the molecule is CC(C#N)(CSc1ncns1)NC1CC1. The monoisotopic (exact) mass is 240 g/mol. The molecule has 1 N–H and O–H groups in total. The van der Waals surface area contributed by atoms with Crippen LogP contribution in [0.2, 0.25) is 0 Å². The van der Waals surface area contributed by atoms with Crippen molar-refractivity contribution >= 4 is 23.3 Å². The number of aromatic nitrogens is 2. The molecule has 80 valence electrons. The number of nitrogens with one attached hydrogen (secondary N) is 1. The minimum atomic E-state index is -0.447. The number of hydrogen-bond acceptors (Lipinski definition) is 6. The third-order valence-electron chi connectivity index (χ3n) is 2.17. The van der Waals surface area contributed by atoms with E-state index in [1.165, 1.54) is 24.4 Å². The Labute approximate surface area is 97.3 Å². The van der Waals surface area contributed by atoms with E-state index >= 15 is 0 Å². The molecule has 1 aromatic rings. The molecule has 0 spiro atoms. The second-order valence-electron chi connectivity index (χ2n) is 3.86. The van der Waals surface area contributed by atoms with E-state index in [-0.39, 0.29) is 0 Å². The van der Waals surface area contributed by atoms with Gasteiger partial charge in [0.2, 0.25) is 0 Å². The van der Waals surface area contributed by atoms with Gasteiger partial charge in [-0.25, -0.2) is 4.98 Å². The van der Waals surface area contributed by atoms with Crippen molar-refractivity contribution in [3.05, 3.63) is 6.33 Å². The Balaban J connectivity index is 1.87. The van der Waals surface area contributed by atoms with Crippen LogP contribution in [-0.2, 0) is 0 Å². The summed E-state index contributed by atoms with van der Waals surface area (Å²) in [5, 5.41) is 12.5. The summed E-state index contributed by atoms with van der Waals surface area (Å²) in [5.41, 5.74) is -0.447. The first-order chi connectivity index (χ1) is 7.22. The Hall–Kier alpha value is -0.640. The van der Waals surface area contributed by atoms with Crippen LogP contribution in [0, 0.1) is 11.3 Å². The van der Waals surface area contributed by atoms with Crippen LogP contribution in [-0.4, -0.2) is 26.7 Å². The molecule has 0 bridgehead atoms. The summed E-state index contributed by atoms with van der Waals surface area (Å²) in [6.07, 6.45) is 3.94. The van der Waals surface area contributed by atoms with Gasteiger partial charge in [-0.15, -0.1) is 0 Å². The summed E-state index contributed by atoms with van der Waals surface area (Å²) < 4.78 is 4.85. The maximum absolute atomic E-state index is 9.13. The lowest BCUT2D eigenvalue weighted by Gasteiger charge is -2.21. The second kappa shape index (κ2) is 4.47. The molecular weight excluding hydrogens is 228 g/mol. The quantitative estimate of drug-likeness (QED) is 0.793. The molecule has 15 heavy (non-hydrogen) atoms. The van der Waals surface area contributed by atoms with E-state index in [1.54, 1.807) is 18.1 Å². The molecule has 4 nitrogen and oxygen atoms in total. The lowest BCUT2D eigenvalue weighted by Crippen LogP contribution is -2.44. The van der Waals surface area contributed by atoms with E-state index in [4.69, 9.17) is 5.26 Å². The van der Waals surface area contributed by atoms with Gasteiger partial charge in [0.15, 0.2) is 4.34 Å².